The summed E-state index contributed by atoms with van der Waals surface area (Å²) in [5.41, 5.74) is 0. The number of rotatable bonds is 4. The fraction of sp³-hybridized carbons (Fsp3) is 0.900. The van der Waals surface area contributed by atoms with Crippen LogP contribution in [0.3, 0.4) is 0 Å². The first-order chi connectivity index (χ1) is 6.24. The minimum absolute atomic E-state index is 0.218. The van der Waals surface area contributed by atoms with Crippen molar-refractivity contribution in [3.05, 3.63) is 0 Å². The summed E-state index contributed by atoms with van der Waals surface area (Å²) in [4.78, 5) is 15.8. The highest BCUT2D eigenvalue weighted by Gasteiger charge is 2.32. The summed E-state index contributed by atoms with van der Waals surface area (Å²) in [6.07, 6.45) is 2.39. The van der Waals surface area contributed by atoms with Crippen LogP contribution in [-0.4, -0.2) is 41.5 Å². The Balaban J connectivity index is 2.50. The molecule has 0 saturated heterocycles. The molecule has 13 heavy (non-hydrogen) atoms. The molecule has 0 aromatic heterocycles. The number of nitrogens with zero attached hydrogens (tertiary/aromatic N) is 2. The van der Waals surface area contributed by atoms with Gasteiger partial charge >= 0.3 is 6.03 Å². The fourth-order valence-electron chi connectivity index (χ4n) is 1.61. The van der Waals surface area contributed by atoms with Gasteiger partial charge in [0.25, 0.3) is 0 Å². The summed E-state index contributed by atoms with van der Waals surface area (Å²) < 4.78 is 0. The minimum atomic E-state index is 0.218. The monoisotopic (exact) mass is 184 g/mol. The summed E-state index contributed by atoms with van der Waals surface area (Å²) >= 11 is 0. The molecule has 0 atom stereocenters. The van der Waals surface area contributed by atoms with Crippen LogP contribution >= 0.6 is 0 Å². The Bertz CT molecular complexity index is 174. The van der Waals surface area contributed by atoms with Gasteiger partial charge in [0, 0.05) is 25.7 Å². The van der Waals surface area contributed by atoms with Crippen LogP contribution in [0.5, 0.6) is 0 Å². The zero-order valence-corrected chi connectivity index (χ0v) is 8.92. The van der Waals surface area contributed by atoms with Crippen LogP contribution in [0, 0.1) is 0 Å². The van der Waals surface area contributed by atoms with Crippen LogP contribution < -0.4 is 0 Å². The molecule has 0 N–H and O–H groups in total. The molecule has 76 valence electrons. The molecular formula is C10H20N2O. The number of carbonyl (C=O) groups excluding carboxylic acids is 1. The lowest BCUT2D eigenvalue weighted by Crippen LogP contribution is -2.44. The number of hydrogen-bond donors (Lipinski definition) is 0. The third kappa shape index (κ3) is 2.36. The lowest BCUT2D eigenvalue weighted by atomic mass is 10.4. The molecule has 3 heteroatoms. The lowest BCUT2D eigenvalue weighted by molar-refractivity contribution is 0.157. The van der Waals surface area contributed by atoms with Gasteiger partial charge < -0.3 is 9.80 Å². The normalized spacial score (nSPS) is 15.6. The van der Waals surface area contributed by atoms with Gasteiger partial charge in [0.1, 0.15) is 0 Å². The van der Waals surface area contributed by atoms with Crippen LogP contribution in [0.1, 0.15) is 33.6 Å². The highest BCUT2D eigenvalue weighted by molar-refractivity contribution is 5.75. The van der Waals surface area contributed by atoms with E-state index in [9.17, 15) is 4.79 Å². The first-order valence-corrected chi connectivity index (χ1v) is 5.30. The van der Waals surface area contributed by atoms with Crippen LogP contribution in [0.2, 0.25) is 0 Å². The van der Waals surface area contributed by atoms with E-state index in [0.29, 0.717) is 6.04 Å². The van der Waals surface area contributed by atoms with Crippen LogP contribution in [0.25, 0.3) is 0 Å². The van der Waals surface area contributed by atoms with Gasteiger partial charge in [-0.05, 0) is 33.6 Å². The average Bonchev–Trinajstić information content (AvgIpc) is 2.92. The fourth-order valence-corrected chi connectivity index (χ4v) is 1.61. The van der Waals surface area contributed by atoms with Crippen LogP contribution in [-0.2, 0) is 0 Å². The summed E-state index contributed by atoms with van der Waals surface area (Å²) in [5, 5.41) is 0. The Kier molecular flexibility index (Phi) is 3.58. The lowest BCUT2D eigenvalue weighted by Gasteiger charge is -2.28. The SMILES string of the molecule is CCN(CC)C(=O)N(CC)C1CC1. The second-order valence-corrected chi connectivity index (χ2v) is 3.47. The smallest absolute Gasteiger partial charge is 0.320 e. The second-order valence-electron chi connectivity index (χ2n) is 3.47. The van der Waals surface area contributed by atoms with E-state index in [1.54, 1.807) is 0 Å². The molecule has 0 aromatic carbocycles. The van der Waals surface area contributed by atoms with Crippen molar-refractivity contribution < 1.29 is 4.79 Å². The zero-order valence-electron chi connectivity index (χ0n) is 8.92. The predicted octanol–water partition coefficient (Wildman–Crippen LogP) is 1.93. The first-order valence-electron chi connectivity index (χ1n) is 5.30. The molecule has 0 spiro atoms. The Morgan fingerprint density at radius 1 is 1.15 bits per heavy atom. The van der Waals surface area contributed by atoms with Crippen molar-refractivity contribution in [3.8, 4) is 0 Å². The van der Waals surface area contributed by atoms with Gasteiger partial charge in [-0.25, -0.2) is 4.79 Å². The van der Waals surface area contributed by atoms with Gasteiger partial charge in [-0.3, -0.25) is 0 Å². The number of urea groups is 1. The highest BCUT2D eigenvalue weighted by Crippen LogP contribution is 2.27. The Morgan fingerprint density at radius 2 is 1.69 bits per heavy atom. The molecule has 0 unspecified atom stereocenters. The molecule has 1 saturated carbocycles. The van der Waals surface area contributed by atoms with Gasteiger partial charge in [0.15, 0.2) is 0 Å². The van der Waals surface area contributed by atoms with Crippen molar-refractivity contribution in [1.82, 2.24) is 9.80 Å². The van der Waals surface area contributed by atoms with Gasteiger partial charge in [0.2, 0.25) is 0 Å². The molecule has 0 bridgehead atoms. The van der Waals surface area contributed by atoms with E-state index in [4.69, 9.17) is 0 Å². The third-order valence-corrected chi connectivity index (χ3v) is 2.61. The first kappa shape index (κ1) is 10.4. The Hall–Kier alpha value is -0.730. The molecule has 0 aliphatic heterocycles. The number of amides is 2. The van der Waals surface area contributed by atoms with Crippen molar-refractivity contribution >= 4 is 6.03 Å². The average molecular weight is 184 g/mol. The maximum atomic E-state index is 11.9. The maximum Gasteiger partial charge on any atom is 0.320 e. The molecule has 1 rings (SSSR count). The van der Waals surface area contributed by atoms with E-state index in [1.807, 2.05) is 23.6 Å². The Morgan fingerprint density at radius 3 is 2.00 bits per heavy atom. The van der Waals surface area contributed by atoms with Crippen LogP contribution in [0.15, 0.2) is 0 Å². The highest BCUT2D eigenvalue weighted by atomic mass is 16.2. The van der Waals surface area contributed by atoms with E-state index in [1.165, 1.54) is 12.8 Å². The van der Waals surface area contributed by atoms with Crippen molar-refractivity contribution in [2.45, 2.75) is 39.7 Å². The standard InChI is InChI=1S/C10H20N2O/c1-4-11(5-2)10(13)12(6-3)9-7-8-9/h9H,4-8H2,1-3H3. The van der Waals surface area contributed by atoms with Crippen molar-refractivity contribution in [1.29, 1.82) is 0 Å². The number of hydrogen-bond acceptors (Lipinski definition) is 1. The minimum Gasteiger partial charge on any atom is -0.325 e. The van der Waals surface area contributed by atoms with Crippen molar-refractivity contribution in [3.63, 3.8) is 0 Å². The van der Waals surface area contributed by atoms with E-state index >= 15 is 0 Å². The van der Waals surface area contributed by atoms with E-state index in [-0.39, 0.29) is 6.03 Å². The summed E-state index contributed by atoms with van der Waals surface area (Å²) in [6, 6.07) is 0.758. The van der Waals surface area contributed by atoms with E-state index < -0.39 is 0 Å². The molecule has 1 aliphatic rings. The maximum absolute atomic E-state index is 11.9. The van der Waals surface area contributed by atoms with E-state index in [2.05, 4.69) is 6.92 Å². The molecule has 0 heterocycles. The molecule has 2 amide bonds. The second kappa shape index (κ2) is 4.49. The molecule has 0 aromatic rings. The number of carbonyl (C=O) groups is 1. The molecule has 1 aliphatic carbocycles. The largest absolute Gasteiger partial charge is 0.325 e. The molecule has 0 radical (unpaired) electrons. The molecule has 1 fully saturated rings. The van der Waals surface area contributed by atoms with Crippen LogP contribution in [0.4, 0.5) is 4.79 Å². The van der Waals surface area contributed by atoms with Gasteiger partial charge in [0.05, 0.1) is 0 Å². The summed E-state index contributed by atoms with van der Waals surface area (Å²) in [5.74, 6) is 0. The zero-order chi connectivity index (χ0) is 9.84. The quantitative estimate of drug-likeness (QED) is 0.655. The van der Waals surface area contributed by atoms with Gasteiger partial charge in [-0.2, -0.15) is 0 Å². The third-order valence-electron chi connectivity index (χ3n) is 2.61. The summed E-state index contributed by atoms with van der Waals surface area (Å²) in [7, 11) is 0. The predicted molar refractivity (Wildman–Crippen MR) is 53.7 cm³/mol. The van der Waals surface area contributed by atoms with E-state index in [0.717, 1.165) is 19.6 Å². The molecular weight excluding hydrogens is 164 g/mol. The van der Waals surface area contributed by atoms with Crippen molar-refractivity contribution in [2.24, 2.45) is 0 Å². The molecule has 3 nitrogen and oxygen atoms in total. The van der Waals surface area contributed by atoms with Gasteiger partial charge in [-0.15, -0.1) is 0 Å². The summed E-state index contributed by atoms with van der Waals surface area (Å²) in [6.45, 7) is 8.60. The van der Waals surface area contributed by atoms with Gasteiger partial charge in [-0.1, -0.05) is 0 Å². The Labute approximate surface area is 80.7 Å². The van der Waals surface area contributed by atoms with Crippen molar-refractivity contribution in [2.75, 3.05) is 19.6 Å². The topological polar surface area (TPSA) is 23.6 Å².